The maximum absolute atomic E-state index is 10.9. The van der Waals surface area contributed by atoms with Gasteiger partial charge >= 0.3 is 0 Å². The Morgan fingerprint density at radius 1 is 1.23 bits per heavy atom. The summed E-state index contributed by atoms with van der Waals surface area (Å²) in [6.45, 7) is 0. The van der Waals surface area contributed by atoms with Crippen LogP contribution in [0.2, 0.25) is 0 Å². The lowest BCUT2D eigenvalue weighted by Gasteiger charge is -2.27. The van der Waals surface area contributed by atoms with Crippen LogP contribution < -0.4 is 5.32 Å². The second-order valence-corrected chi connectivity index (χ2v) is 7.00. The van der Waals surface area contributed by atoms with Gasteiger partial charge in [-0.3, -0.25) is 0 Å². The molecule has 0 spiro atoms. The van der Waals surface area contributed by atoms with Gasteiger partial charge in [0.1, 0.15) is 0 Å². The molecule has 2 saturated heterocycles. The molecule has 0 aromatic carbocycles. The van der Waals surface area contributed by atoms with Crippen LogP contribution in [0.3, 0.4) is 0 Å². The molecule has 2 aliphatic heterocycles. The van der Waals surface area contributed by atoms with E-state index in [-0.39, 0.29) is 11.7 Å². The van der Waals surface area contributed by atoms with Crippen LogP contribution in [-0.2, 0) is 9.05 Å². The number of rotatable bonds is 2. The van der Waals surface area contributed by atoms with Gasteiger partial charge in [-0.2, -0.15) is 0 Å². The van der Waals surface area contributed by atoms with Crippen LogP contribution in [0.15, 0.2) is 0 Å². The van der Waals surface area contributed by atoms with Gasteiger partial charge in [-0.25, -0.2) is 8.42 Å². The summed E-state index contributed by atoms with van der Waals surface area (Å²) in [5.74, 6) is 0.435. The van der Waals surface area contributed by atoms with Gasteiger partial charge in [0.15, 0.2) is 0 Å². The van der Waals surface area contributed by atoms with Crippen LogP contribution in [0, 0.1) is 5.92 Å². The number of nitrogens with one attached hydrogen (secondary N) is 1. The van der Waals surface area contributed by atoms with E-state index in [0.29, 0.717) is 12.1 Å². The van der Waals surface area contributed by atoms with E-state index in [0.717, 1.165) is 12.8 Å². The zero-order valence-electron chi connectivity index (χ0n) is 7.37. The smallest absolute Gasteiger partial charge is 0.232 e. The first-order valence-corrected chi connectivity index (χ1v) is 7.19. The van der Waals surface area contributed by atoms with Crippen LogP contribution in [0.5, 0.6) is 0 Å². The molecule has 0 radical (unpaired) electrons. The summed E-state index contributed by atoms with van der Waals surface area (Å²) in [5.41, 5.74) is 0. The van der Waals surface area contributed by atoms with Crippen molar-refractivity contribution in [2.45, 2.75) is 37.8 Å². The van der Waals surface area contributed by atoms with E-state index in [1.165, 1.54) is 12.8 Å². The Morgan fingerprint density at radius 2 is 1.77 bits per heavy atom. The molecule has 3 nitrogen and oxygen atoms in total. The van der Waals surface area contributed by atoms with Crippen LogP contribution in [0.1, 0.15) is 25.7 Å². The second kappa shape index (κ2) is 3.41. The van der Waals surface area contributed by atoms with Gasteiger partial charge in [0.05, 0.1) is 5.75 Å². The highest BCUT2D eigenvalue weighted by Crippen LogP contribution is 2.31. The molecule has 2 unspecified atom stereocenters. The topological polar surface area (TPSA) is 46.2 Å². The van der Waals surface area contributed by atoms with Crippen LogP contribution >= 0.6 is 10.7 Å². The van der Waals surface area contributed by atoms with Crippen LogP contribution in [0.4, 0.5) is 0 Å². The van der Waals surface area contributed by atoms with E-state index >= 15 is 0 Å². The summed E-state index contributed by atoms with van der Waals surface area (Å²) in [4.78, 5) is 0. The molecule has 2 aliphatic rings. The zero-order chi connectivity index (χ0) is 9.47. The van der Waals surface area contributed by atoms with Crippen molar-refractivity contribution in [3.05, 3.63) is 0 Å². The van der Waals surface area contributed by atoms with Crippen molar-refractivity contribution >= 4 is 19.7 Å². The highest BCUT2D eigenvalue weighted by Gasteiger charge is 2.34. The first-order valence-electron chi connectivity index (χ1n) is 4.71. The van der Waals surface area contributed by atoms with Crippen LogP contribution in [-0.4, -0.2) is 26.3 Å². The Morgan fingerprint density at radius 3 is 2.23 bits per heavy atom. The zero-order valence-corrected chi connectivity index (χ0v) is 8.94. The van der Waals surface area contributed by atoms with Crippen molar-refractivity contribution in [1.29, 1.82) is 0 Å². The molecule has 5 heteroatoms. The molecular formula is C8H14ClNO2S. The molecular weight excluding hydrogens is 210 g/mol. The van der Waals surface area contributed by atoms with E-state index in [2.05, 4.69) is 5.32 Å². The molecule has 0 aliphatic carbocycles. The van der Waals surface area contributed by atoms with Gasteiger partial charge in [0, 0.05) is 22.8 Å². The summed E-state index contributed by atoms with van der Waals surface area (Å²) < 4.78 is 21.8. The van der Waals surface area contributed by atoms with Crippen LogP contribution in [0.25, 0.3) is 0 Å². The Kier molecular flexibility index (Phi) is 2.55. The summed E-state index contributed by atoms with van der Waals surface area (Å²) in [6.07, 6.45) is 4.35. The summed E-state index contributed by atoms with van der Waals surface area (Å²) in [6, 6.07) is 1.09. The fraction of sp³-hybridized carbons (Fsp3) is 1.00. The lowest BCUT2D eigenvalue weighted by atomic mass is 9.94. The Balaban J connectivity index is 1.96. The van der Waals surface area contributed by atoms with Gasteiger partial charge in [-0.05, 0) is 31.6 Å². The average molecular weight is 224 g/mol. The third-order valence-corrected chi connectivity index (χ3v) is 4.25. The van der Waals surface area contributed by atoms with E-state index in [4.69, 9.17) is 10.7 Å². The van der Waals surface area contributed by atoms with Crippen molar-refractivity contribution in [3.63, 3.8) is 0 Å². The summed E-state index contributed by atoms with van der Waals surface area (Å²) in [7, 11) is 1.94. The maximum Gasteiger partial charge on any atom is 0.232 e. The lowest BCUT2D eigenvalue weighted by Crippen LogP contribution is -2.39. The minimum atomic E-state index is -3.30. The van der Waals surface area contributed by atoms with Gasteiger partial charge in [-0.1, -0.05) is 0 Å². The largest absolute Gasteiger partial charge is 0.311 e. The molecule has 2 fully saturated rings. The minimum absolute atomic E-state index is 0.156. The van der Waals surface area contributed by atoms with Crippen molar-refractivity contribution in [1.82, 2.24) is 5.32 Å². The summed E-state index contributed by atoms with van der Waals surface area (Å²) >= 11 is 0. The maximum atomic E-state index is 10.9. The van der Waals surface area contributed by atoms with Crippen molar-refractivity contribution < 1.29 is 8.42 Å². The van der Waals surface area contributed by atoms with Gasteiger partial charge in [-0.15, -0.1) is 0 Å². The van der Waals surface area contributed by atoms with E-state index in [1.807, 2.05) is 0 Å². The van der Waals surface area contributed by atoms with E-state index in [9.17, 15) is 8.42 Å². The normalized spacial score (nSPS) is 39.3. The fourth-order valence-electron chi connectivity index (χ4n) is 2.59. The van der Waals surface area contributed by atoms with Crippen molar-refractivity contribution in [3.8, 4) is 0 Å². The summed E-state index contributed by atoms with van der Waals surface area (Å²) in [5, 5.41) is 3.47. The molecule has 0 aromatic heterocycles. The first kappa shape index (κ1) is 9.74. The number of hydrogen-bond acceptors (Lipinski definition) is 3. The predicted octanol–water partition coefficient (Wildman–Crippen LogP) is 1.09. The third kappa shape index (κ3) is 2.58. The SMILES string of the molecule is O=S(=O)(Cl)CC1CC2CCC(C1)N2. The predicted molar refractivity (Wildman–Crippen MR) is 52.3 cm³/mol. The fourth-order valence-corrected chi connectivity index (χ4v) is 3.96. The third-order valence-electron chi connectivity index (χ3n) is 3.01. The van der Waals surface area contributed by atoms with E-state index in [1.54, 1.807) is 0 Å². The Labute approximate surface area is 83.3 Å². The quantitative estimate of drug-likeness (QED) is 0.713. The number of halogens is 1. The molecule has 2 atom stereocenters. The molecule has 13 heavy (non-hydrogen) atoms. The van der Waals surface area contributed by atoms with E-state index < -0.39 is 9.05 Å². The molecule has 0 saturated carbocycles. The molecule has 2 bridgehead atoms. The molecule has 0 amide bonds. The Hall–Kier alpha value is 0.200. The number of hydrogen-bond donors (Lipinski definition) is 1. The lowest BCUT2D eigenvalue weighted by molar-refractivity contribution is 0.321. The first-order chi connectivity index (χ1) is 6.03. The molecule has 2 rings (SSSR count). The van der Waals surface area contributed by atoms with Gasteiger partial charge < -0.3 is 5.32 Å². The average Bonchev–Trinajstić information content (AvgIpc) is 2.27. The van der Waals surface area contributed by atoms with Gasteiger partial charge in [0.2, 0.25) is 9.05 Å². The standard InChI is InChI=1S/C8H14ClNO2S/c9-13(11,12)5-6-3-7-1-2-8(4-6)10-7/h6-8,10H,1-5H2. The minimum Gasteiger partial charge on any atom is -0.311 e. The van der Waals surface area contributed by atoms with Crippen molar-refractivity contribution in [2.24, 2.45) is 5.92 Å². The molecule has 2 heterocycles. The number of piperidine rings is 1. The van der Waals surface area contributed by atoms with Crippen molar-refractivity contribution in [2.75, 3.05) is 5.75 Å². The highest BCUT2D eigenvalue weighted by molar-refractivity contribution is 8.13. The molecule has 76 valence electrons. The highest BCUT2D eigenvalue weighted by atomic mass is 35.7. The molecule has 0 aromatic rings. The Bertz CT molecular complexity index is 279. The number of fused-ring (bicyclic) bond motifs is 2. The second-order valence-electron chi connectivity index (χ2n) is 4.18. The monoisotopic (exact) mass is 223 g/mol. The molecule has 1 N–H and O–H groups in total. The van der Waals surface area contributed by atoms with Gasteiger partial charge in [0.25, 0.3) is 0 Å².